The van der Waals surface area contributed by atoms with E-state index >= 15 is 0 Å². The molecular weight excluding hydrogens is 390 g/mol. The molecule has 2 heterocycles. The number of methoxy groups -OCH3 is 1. The van der Waals surface area contributed by atoms with Gasteiger partial charge in [-0.3, -0.25) is 0 Å². The van der Waals surface area contributed by atoms with Crippen LogP contribution in [0, 0.1) is 0 Å². The molecule has 31 heavy (non-hydrogen) atoms. The van der Waals surface area contributed by atoms with Crippen LogP contribution in [0.2, 0.25) is 0 Å². The summed E-state index contributed by atoms with van der Waals surface area (Å²) < 4.78 is 5.48. The number of ether oxygens (including phenoxy) is 1. The monoisotopic (exact) mass is 423 g/mol. The molecule has 2 aliphatic heterocycles. The Morgan fingerprint density at radius 3 is 2.32 bits per heavy atom. The third kappa shape index (κ3) is 4.88. The van der Waals surface area contributed by atoms with E-state index in [1.807, 2.05) is 35.2 Å². The Morgan fingerprint density at radius 1 is 0.968 bits per heavy atom. The third-order valence-electron chi connectivity index (χ3n) is 6.37. The van der Waals surface area contributed by atoms with Crippen LogP contribution in [0.1, 0.15) is 6.42 Å². The number of nitrogens with zero attached hydrogens (tertiary/aromatic N) is 4. The summed E-state index contributed by atoms with van der Waals surface area (Å²) in [6.07, 6.45) is 1.19. The summed E-state index contributed by atoms with van der Waals surface area (Å²) in [5, 5.41) is 3.05. The van der Waals surface area contributed by atoms with Crippen LogP contribution in [0.15, 0.2) is 48.5 Å². The second-order valence-electron chi connectivity index (χ2n) is 8.48. The highest BCUT2D eigenvalue weighted by Gasteiger charge is 2.25. The Morgan fingerprint density at radius 2 is 1.68 bits per heavy atom. The lowest BCUT2D eigenvalue weighted by molar-refractivity contribution is 0.208. The number of urea groups is 1. The van der Waals surface area contributed by atoms with Crippen LogP contribution in [0.5, 0.6) is 5.75 Å². The lowest BCUT2D eigenvalue weighted by Crippen LogP contribution is -2.50. The quantitative estimate of drug-likeness (QED) is 0.801. The Hall–Kier alpha value is -2.93. The van der Waals surface area contributed by atoms with E-state index in [0.29, 0.717) is 19.1 Å². The number of hydrogen-bond acceptors (Lipinski definition) is 5. The summed E-state index contributed by atoms with van der Waals surface area (Å²) in [5.41, 5.74) is 3.14. The molecule has 7 heteroatoms. The topological polar surface area (TPSA) is 51.3 Å². The van der Waals surface area contributed by atoms with Crippen LogP contribution in [0.4, 0.5) is 21.9 Å². The molecule has 0 spiro atoms. The van der Waals surface area contributed by atoms with E-state index < -0.39 is 0 Å². The van der Waals surface area contributed by atoms with Gasteiger partial charge in [-0.15, -0.1) is 0 Å². The minimum atomic E-state index is -0.0405. The number of anilines is 3. The molecule has 1 N–H and O–H groups in total. The molecule has 2 aliphatic rings. The van der Waals surface area contributed by atoms with Gasteiger partial charge in [-0.2, -0.15) is 0 Å². The minimum Gasteiger partial charge on any atom is -0.495 e. The standard InChI is InChI=1S/C24H33N5O2/c1-26(2)21-12-13-29(18-21)20-10-8-19(9-11-20)25-24(30)28-16-14-27(15-17-28)22-6-4-5-7-23(22)31-3/h4-11,21H,12-18H2,1-3H3,(H,25,30). The van der Waals surface area contributed by atoms with Crippen molar-refractivity contribution >= 4 is 23.1 Å². The smallest absolute Gasteiger partial charge is 0.321 e. The van der Waals surface area contributed by atoms with Gasteiger partial charge in [0.1, 0.15) is 5.75 Å². The van der Waals surface area contributed by atoms with E-state index in [-0.39, 0.29) is 6.03 Å². The molecule has 4 rings (SSSR count). The number of amides is 2. The molecule has 166 valence electrons. The van der Waals surface area contributed by atoms with Crippen molar-refractivity contribution in [2.45, 2.75) is 12.5 Å². The Balaban J connectivity index is 1.29. The summed E-state index contributed by atoms with van der Waals surface area (Å²) in [4.78, 5) is 21.6. The van der Waals surface area contributed by atoms with Gasteiger partial charge in [0.2, 0.25) is 0 Å². The number of rotatable bonds is 5. The predicted molar refractivity (Wildman–Crippen MR) is 127 cm³/mol. The zero-order valence-corrected chi connectivity index (χ0v) is 18.8. The molecule has 0 aliphatic carbocycles. The number of nitrogens with one attached hydrogen (secondary N) is 1. The van der Waals surface area contributed by atoms with E-state index in [1.165, 1.54) is 12.1 Å². The van der Waals surface area contributed by atoms with E-state index in [4.69, 9.17) is 4.74 Å². The number of para-hydroxylation sites is 2. The van der Waals surface area contributed by atoms with Gasteiger partial charge in [0.15, 0.2) is 0 Å². The van der Waals surface area contributed by atoms with Crippen LogP contribution in [-0.2, 0) is 0 Å². The van der Waals surface area contributed by atoms with Crippen molar-refractivity contribution in [3.05, 3.63) is 48.5 Å². The van der Waals surface area contributed by atoms with Gasteiger partial charge in [0, 0.05) is 56.7 Å². The van der Waals surface area contributed by atoms with Crippen LogP contribution in [-0.4, -0.2) is 82.3 Å². The number of carbonyl (C=O) groups excluding carboxylic acids is 1. The maximum atomic E-state index is 12.7. The normalized spacial score (nSPS) is 19.1. The van der Waals surface area contributed by atoms with Gasteiger partial charge in [0.25, 0.3) is 0 Å². The van der Waals surface area contributed by atoms with E-state index in [2.05, 4.69) is 52.3 Å². The first-order valence-electron chi connectivity index (χ1n) is 11.0. The Labute approximate surface area is 185 Å². The number of benzene rings is 2. The van der Waals surface area contributed by atoms with Gasteiger partial charge < -0.3 is 29.7 Å². The zero-order chi connectivity index (χ0) is 21.8. The average Bonchev–Trinajstić information content (AvgIpc) is 3.30. The highest BCUT2D eigenvalue weighted by atomic mass is 16.5. The van der Waals surface area contributed by atoms with Gasteiger partial charge in [-0.05, 0) is 56.9 Å². The van der Waals surface area contributed by atoms with Crippen molar-refractivity contribution in [1.29, 1.82) is 0 Å². The number of likely N-dealkylation sites (N-methyl/N-ethyl adjacent to an activating group) is 1. The molecule has 2 aromatic rings. The molecule has 7 nitrogen and oxygen atoms in total. The molecule has 1 atom stereocenters. The first kappa shape index (κ1) is 21.3. The first-order chi connectivity index (χ1) is 15.0. The van der Waals surface area contributed by atoms with Crippen LogP contribution < -0.4 is 19.9 Å². The van der Waals surface area contributed by atoms with Crippen molar-refractivity contribution in [2.75, 3.05) is 75.6 Å². The van der Waals surface area contributed by atoms with Crippen LogP contribution in [0.3, 0.4) is 0 Å². The van der Waals surface area contributed by atoms with Crippen LogP contribution in [0.25, 0.3) is 0 Å². The van der Waals surface area contributed by atoms with Crippen LogP contribution >= 0.6 is 0 Å². The molecule has 0 bridgehead atoms. The van der Waals surface area contributed by atoms with Crippen molar-refractivity contribution in [2.24, 2.45) is 0 Å². The van der Waals surface area contributed by atoms with Crippen molar-refractivity contribution in [1.82, 2.24) is 9.80 Å². The lowest BCUT2D eigenvalue weighted by atomic mass is 10.2. The van der Waals surface area contributed by atoms with Crippen molar-refractivity contribution < 1.29 is 9.53 Å². The molecule has 2 amide bonds. The summed E-state index contributed by atoms with van der Waals surface area (Å²) in [5.74, 6) is 0.871. The molecule has 0 aromatic heterocycles. The average molecular weight is 424 g/mol. The maximum absolute atomic E-state index is 12.7. The third-order valence-corrected chi connectivity index (χ3v) is 6.37. The van der Waals surface area contributed by atoms with E-state index in [9.17, 15) is 4.79 Å². The number of piperazine rings is 1. The lowest BCUT2D eigenvalue weighted by Gasteiger charge is -2.36. The molecular formula is C24H33N5O2. The molecule has 0 saturated carbocycles. The van der Waals surface area contributed by atoms with Gasteiger partial charge in [-0.25, -0.2) is 4.79 Å². The second-order valence-corrected chi connectivity index (χ2v) is 8.48. The Kier molecular flexibility index (Phi) is 6.51. The van der Waals surface area contributed by atoms with Gasteiger partial charge in [0.05, 0.1) is 12.8 Å². The molecule has 2 fully saturated rings. The van der Waals surface area contributed by atoms with Gasteiger partial charge >= 0.3 is 6.03 Å². The summed E-state index contributed by atoms with van der Waals surface area (Å²) in [7, 11) is 5.98. The highest BCUT2D eigenvalue weighted by Crippen LogP contribution is 2.28. The fraction of sp³-hybridized carbons (Fsp3) is 0.458. The zero-order valence-electron chi connectivity index (χ0n) is 18.8. The van der Waals surface area contributed by atoms with Crippen molar-refractivity contribution in [3.63, 3.8) is 0 Å². The predicted octanol–water partition coefficient (Wildman–Crippen LogP) is 3.19. The number of hydrogen-bond donors (Lipinski definition) is 1. The SMILES string of the molecule is COc1ccccc1N1CCN(C(=O)Nc2ccc(N3CCC(N(C)C)C3)cc2)CC1. The molecule has 2 aromatic carbocycles. The second kappa shape index (κ2) is 9.47. The summed E-state index contributed by atoms with van der Waals surface area (Å²) in [6.45, 7) is 5.06. The molecule has 2 saturated heterocycles. The molecule has 1 unspecified atom stereocenters. The summed E-state index contributed by atoms with van der Waals surface area (Å²) in [6, 6.07) is 16.8. The first-order valence-corrected chi connectivity index (χ1v) is 11.0. The fourth-order valence-electron chi connectivity index (χ4n) is 4.40. The maximum Gasteiger partial charge on any atom is 0.321 e. The Bertz CT molecular complexity index is 878. The summed E-state index contributed by atoms with van der Waals surface area (Å²) >= 11 is 0. The molecule has 0 radical (unpaired) electrons. The minimum absolute atomic E-state index is 0.0405. The van der Waals surface area contributed by atoms with E-state index in [0.717, 1.165) is 43.3 Å². The van der Waals surface area contributed by atoms with Crippen molar-refractivity contribution in [3.8, 4) is 5.75 Å². The highest BCUT2D eigenvalue weighted by molar-refractivity contribution is 5.89. The number of carbonyl (C=O) groups is 1. The van der Waals surface area contributed by atoms with E-state index in [1.54, 1.807) is 7.11 Å². The fourth-order valence-corrected chi connectivity index (χ4v) is 4.40. The van der Waals surface area contributed by atoms with Gasteiger partial charge in [-0.1, -0.05) is 12.1 Å². The largest absolute Gasteiger partial charge is 0.495 e.